The SMILES string of the molecule is CC(C)c1cccc(NC(=O)CN(CCO)CC(F)F)c1. The molecule has 0 aromatic heterocycles. The highest BCUT2D eigenvalue weighted by Gasteiger charge is 2.15. The molecule has 1 amide bonds. The molecule has 0 aliphatic heterocycles. The molecule has 0 aliphatic carbocycles. The van der Waals surface area contributed by atoms with Crippen LogP contribution in [0.15, 0.2) is 24.3 Å². The van der Waals surface area contributed by atoms with Crippen LogP contribution in [-0.4, -0.2) is 48.6 Å². The van der Waals surface area contributed by atoms with E-state index in [1.807, 2.05) is 32.0 Å². The maximum atomic E-state index is 12.4. The number of benzene rings is 1. The van der Waals surface area contributed by atoms with Gasteiger partial charge in [-0.1, -0.05) is 26.0 Å². The standard InChI is InChI=1S/C15H22F2N2O2/c1-11(2)12-4-3-5-13(8-12)18-15(21)10-19(6-7-20)9-14(16)17/h3-5,8,11,14,20H,6-7,9-10H2,1-2H3,(H,18,21). The molecule has 6 heteroatoms. The number of nitrogens with zero attached hydrogens (tertiary/aromatic N) is 1. The molecule has 0 fully saturated rings. The lowest BCUT2D eigenvalue weighted by atomic mass is 10.0. The fraction of sp³-hybridized carbons (Fsp3) is 0.533. The van der Waals surface area contributed by atoms with Crippen molar-refractivity contribution in [3.63, 3.8) is 0 Å². The molecule has 1 aromatic carbocycles. The highest BCUT2D eigenvalue weighted by molar-refractivity contribution is 5.92. The number of aliphatic hydroxyl groups is 1. The third-order valence-corrected chi connectivity index (χ3v) is 3.02. The molecule has 0 saturated carbocycles. The Bertz CT molecular complexity index is 453. The molecule has 0 saturated heterocycles. The molecule has 118 valence electrons. The number of rotatable bonds is 8. The van der Waals surface area contributed by atoms with E-state index in [0.29, 0.717) is 11.6 Å². The van der Waals surface area contributed by atoms with Crippen LogP contribution < -0.4 is 5.32 Å². The van der Waals surface area contributed by atoms with E-state index >= 15 is 0 Å². The van der Waals surface area contributed by atoms with Gasteiger partial charge in [0.1, 0.15) is 0 Å². The summed E-state index contributed by atoms with van der Waals surface area (Å²) in [6.45, 7) is 3.18. The number of carbonyl (C=O) groups excluding carboxylic acids is 1. The van der Waals surface area contributed by atoms with Crippen molar-refractivity contribution < 1.29 is 18.7 Å². The zero-order chi connectivity index (χ0) is 15.8. The molecule has 0 unspecified atom stereocenters. The van der Waals surface area contributed by atoms with E-state index in [4.69, 9.17) is 5.11 Å². The van der Waals surface area contributed by atoms with Crippen molar-refractivity contribution in [2.45, 2.75) is 26.2 Å². The molecule has 0 spiro atoms. The molecule has 4 nitrogen and oxygen atoms in total. The van der Waals surface area contributed by atoms with E-state index in [0.717, 1.165) is 5.56 Å². The van der Waals surface area contributed by atoms with Gasteiger partial charge in [-0.15, -0.1) is 0 Å². The van der Waals surface area contributed by atoms with Crippen LogP contribution in [0.25, 0.3) is 0 Å². The summed E-state index contributed by atoms with van der Waals surface area (Å²) in [7, 11) is 0. The molecule has 1 rings (SSSR count). The van der Waals surface area contributed by atoms with Gasteiger partial charge in [0.15, 0.2) is 0 Å². The first-order chi connectivity index (χ1) is 9.92. The first kappa shape index (κ1) is 17.5. The molecular formula is C15H22F2N2O2. The first-order valence-electron chi connectivity index (χ1n) is 6.93. The molecule has 0 bridgehead atoms. The van der Waals surface area contributed by atoms with Crippen molar-refractivity contribution in [3.05, 3.63) is 29.8 Å². The fourth-order valence-corrected chi connectivity index (χ4v) is 1.95. The lowest BCUT2D eigenvalue weighted by molar-refractivity contribution is -0.117. The van der Waals surface area contributed by atoms with E-state index in [2.05, 4.69) is 5.32 Å². The number of aliphatic hydroxyl groups excluding tert-OH is 1. The van der Waals surface area contributed by atoms with Gasteiger partial charge >= 0.3 is 0 Å². The molecular weight excluding hydrogens is 278 g/mol. The summed E-state index contributed by atoms with van der Waals surface area (Å²) in [5.74, 6) is -0.0309. The summed E-state index contributed by atoms with van der Waals surface area (Å²) in [5.41, 5.74) is 1.74. The lowest BCUT2D eigenvalue weighted by Gasteiger charge is -2.20. The predicted molar refractivity (Wildman–Crippen MR) is 78.7 cm³/mol. The Kier molecular flexibility index (Phi) is 7.25. The van der Waals surface area contributed by atoms with Gasteiger partial charge in [0, 0.05) is 12.2 Å². The molecule has 2 N–H and O–H groups in total. The number of carbonyl (C=O) groups is 1. The lowest BCUT2D eigenvalue weighted by Crippen LogP contribution is -2.38. The number of amides is 1. The Morgan fingerprint density at radius 3 is 2.67 bits per heavy atom. The summed E-state index contributed by atoms with van der Waals surface area (Å²) in [4.78, 5) is 13.1. The minimum atomic E-state index is -2.53. The molecule has 0 heterocycles. The third-order valence-electron chi connectivity index (χ3n) is 3.02. The largest absolute Gasteiger partial charge is 0.395 e. The molecule has 0 radical (unpaired) electrons. The minimum Gasteiger partial charge on any atom is -0.395 e. The van der Waals surface area contributed by atoms with Crippen molar-refractivity contribution in [3.8, 4) is 0 Å². The van der Waals surface area contributed by atoms with E-state index < -0.39 is 13.0 Å². The van der Waals surface area contributed by atoms with Gasteiger partial charge in [-0.2, -0.15) is 0 Å². The molecule has 1 aromatic rings. The van der Waals surface area contributed by atoms with E-state index in [-0.39, 0.29) is 25.6 Å². The summed E-state index contributed by atoms with van der Waals surface area (Å²) >= 11 is 0. The number of anilines is 1. The number of hydrogen-bond acceptors (Lipinski definition) is 3. The number of hydrogen-bond donors (Lipinski definition) is 2. The summed E-state index contributed by atoms with van der Waals surface area (Å²) in [6.07, 6.45) is -2.53. The van der Waals surface area contributed by atoms with E-state index in [1.54, 1.807) is 6.07 Å². The Hall–Kier alpha value is -1.53. The molecule has 21 heavy (non-hydrogen) atoms. The molecule has 0 aliphatic rings. The van der Waals surface area contributed by atoms with Gasteiger partial charge in [0.25, 0.3) is 6.43 Å². The third kappa shape index (κ3) is 6.64. The summed E-state index contributed by atoms with van der Waals surface area (Å²) in [5, 5.41) is 11.5. The van der Waals surface area contributed by atoms with Crippen LogP contribution in [0.5, 0.6) is 0 Å². The van der Waals surface area contributed by atoms with Gasteiger partial charge < -0.3 is 10.4 Å². The Morgan fingerprint density at radius 2 is 2.10 bits per heavy atom. The van der Waals surface area contributed by atoms with Crippen molar-refractivity contribution in [2.24, 2.45) is 0 Å². The Balaban J connectivity index is 2.61. The number of alkyl halides is 2. The van der Waals surface area contributed by atoms with Crippen molar-refractivity contribution in [1.29, 1.82) is 0 Å². The van der Waals surface area contributed by atoms with E-state index in [9.17, 15) is 13.6 Å². The smallest absolute Gasteiger partial charge is 0.251 e. The zero-order valence-electron chi connectivity index (χ0n) is 12.4. The summed E-state index contributed by atoms with van der Waals surface area (Å²) < 4.78 is 24.7. The van der Waals surface area contributed by atoms with Crippen LogP contribution >= 0.6 is 0 Å². The molecule has 0 atom stereocenters. The van der Waals surface area contributed by atoms with Gasteiger partial charge in [0.2, 0.25) is 5.91 Å². The monoisotopic (exact) mass is 300 g/mol. The topological polar surface area (TPSA) is 52.6 Å². The Morgan fingerprint density at radius 1 is 1.38 bits per heavy atom. The second-order valence-corrected chi connectivity index (χ2v) is 5.18. The maximum absolute atomic E-state index is 12.4. The minimum absolute atomic E-state index is 0.0454. The van der Waals surface area contributed by atoms with Crippen LogP contribution in [0.4, 0.5) is 14.5 Å². The van der Waals surface area contributed by atoms with Crippen molar-refractivity contribution in [1.82, 2.24) is 4.90 Å². The van der Waals surface area contributed by atoms with E-state index in [1.165, 1.54) is 4.90 Å². The van der Waals surface area contributed by atoms with Gasteiger partial charge in [-0.25, -0.2) is 8.78 Å². The van der Waals surface area contributed by atoms with Crippen LogP contribution in [0.2, 0.25) is 0 Å². The van der Waals surface area contributed by atoms with Crippen molar-refractivity contribution >= 4 is 11.6 Å². The number of nitrogens with one attached hydrogen (secondary N) is 1. The van der Waals surface area contributed by atoms with Crippen LogP contribution in [-0.2, 0) is 4.79 Å². The van der Waals surface area contributed by atoms with Crippen LogP contribution in [0.1, 0.15) is 25.3 Å². The van der Waals surface area contributed by atoms with Gasteiger partial charge in [0.05, 0.1) is 19.7 Å². The second kappa shape index (κ2) is 8.69. The predicted octanol–water partition coefficient (Wildman–Crippen LogP) is 2.31. The number of halogens is 2. The second-order valence-electron chi connectivity index (χ2n) is 5.18. The average molecular weight is 300 g/mol. The quantitative estimate of drug-likeness (QED) is 0.774. The first-order valence-corrected chi connectivity index (χ1v) is 6.93. The highest BCUT2D eigenvalue weighted by atomic mass is 19.3. The zero-order valence-corrected chi connectivity index (χ0v) is 12.4. The highest BCUT2D eigenvalue weighted by Crippen LogP contribution is 2.18. The maximum Gasteiger partial charge on any atom is 0.251 e. The van der Waals surface area contributed by atoms with Gasteiger partial charge in [-0.05, 0) is 23.6 Å². The van der Waals surface area contributed by atoms with Crippen molar-refractivity contribution in [2.75, 3.05) is 31.6 Å². The van der Waals surface area contributed by atoms with Crippen LogP contribution in [0, 0.1) is 0 Å². The average Bonchev–Trinajstić information content (AvgIpc) is 2.38. The normalized spacial score (nSPS) is 11.4. The summed E-state index contributed by atoms with van der Waals surface area (Å²) in [6, 6.07) is 7.43. The van der Waals surface area contributed by atoms with Gasteiger partial charge in [-0.3, -0.25) is 9.69 Å². The Labute approximate surface area is 123 Å². The van der Waals surface area contributed by atoms with Crippen LogP contribution in [0.3, 0.4) is 0 Å². The fourth-order valence-electron chi connectivity index (χ4n) is 1.95.